The summed E-state index contributed by atoms with van der Waals surface area (Å²) >= 11 is 0. The Morgan fingerprint density at radius 3 is 2.32 bits per heavy atom. The maximum atomic E-state index is 12.9. The van der Waals surface area contributed by atoms with Crippen LogP contribution in [-0.2, 0) is 4.79 Å². The third-order valence-corrected chi connectivity index (χ3v) is 7.38. The number of nitrogens with zero attached hydrogens (tertiary/aromatic N) is 3. The highest BCUT2D eigenvalue weighted by molar-refractivity contribution is 5.79. The summed E-state index contributed by atoms with van der Waals surface area (Å²) in [4.78, 5) is 21.9. The van der Waals surface area contributed by atoms with Crippen molar-refractivity contribution >= 4 is 5.91 Å². The molecule has 2 aliphatic heterocycles. The van der Waals surface area contributed by atoms with Gasteiger partial charge in [-0.05, 0) is 55.5 Å². The minimum atomic E-state index is 0.145. The molecule has 2 saturated heterocycles. The minimum absolute atomic E-state index is 0.145. The lowest BCUT2D eigenvalue weighted by atomic mass is 9.86. The van der Waals surface area contributed by atoms with Crippen LogP contribution >= 0.6 is 0 Å². The number of hydrogen-bond donors (Lipinski definition) is 0. The number of pyridine rings is 1. The molecular formula is C26H33N3O2. The molecule has 0 spiro atoms. The van der Waals surface area contributed by atoms with E-state index in [1.807, 2.05) is 42.7 Å². The molecule has 3 heterocycles. The van der Waals surface area contributed by atoms with Crippen LogP contribution in [0, 0.1) is 5.92 Å². The van der Waals surface area contributed by atoms with E-state index in [0.29, 0.717) is 11.9 Å². The molecule has 2 aromatic rings. The maximum Gasteiger partial charge on any atom is 0.225 e. The van der Waals surface area contributed by atoms with Gasteiger partial charge in [0.1, 0.15) is 11.9 Å². The van der Waals surface area contributed by atoms with Crippen LogP contribution in [0.2, 0.25) is 0 Å². The molecule has 2 unspecified atom stereocenters. The second-order valence-corrected chi connectivity index (χ2v) is 9.28. The lowest BCUT2D eigenvalue weighted by molar-refractivity contribution is -0.140. The predicted octanol–water partition coefficient (Wildman–Crippen LogP) is 4.46. The highest BCUT2D eigenvalue weighted by Crippen LogP contribution is 2.40. The van der Waals surface area contributed by atoms with Crippen LogP contribution in [0.1, 0.15) is 56.6 Å². The van der Waals surface area contributed by atoms with Crippen molar-refractivity contribution in [2.45, 2.75) is 63.1 Å². The largest absolute Gasteiger partial charge is 0.487 e. The van der Waals surface area contributed by atoms with Gasteiger partial charge in [-0.15, -0.1) is 0 Å². The number of ether oxygens (including phenoxy) is 1. The topological polar surface area (TPSA) is 45.7 Å². The van der Waals surface area contributed by atoms with E-state index >= 15 is 0 Å². The molecule has 0 bridgehead atoms. The molecule has 3 fully saturated rings. The molecule has 1 aliphatic carbocycles. The third-order valence-electron chi connectivity index (χ3n) is 7.38. The average Bonchev–Trinajstić information content (AvgIpc) is 2.83. The number of hydrogen-bond acceptors (Lipinski definition) is 4. The van der Waals surface area contributed by atoms with Gasteiger partial charge in [-0.3, -0.25) is 14.7 Å². The number of benzene rings is 1. The van der Waals surface area contributed by atoms with Gasteiger partial charge < -0.3 is 9.64 Å². The second kappa shape index (κ2) is 9.39. The molecule has 3 aliphatic rings. The fraction of sp³-hybridized carbons (Fsp3) is 0.538. The molecule has 164 valence electrons. The molecular weight excluding hydrogens is 386 g/mol. The third kappa shape index (κ3) is 4.47. The molecule has 5 nitrogen and oxygen atoms in total. The van der Waals surface area contributed by atoms with Crippen LogP contribution in [0.25, 0.3) is 0 Å². The standard InChI is InChI=1S/C26H33N3O2/c30-26(21-7-3-1-4-8-21)28-17-13-22(14-18-28)29-19-24(31-23-9-5-2-6-10-23)25(29)20-11-15-27-16-12-20/h2,5-6,9-12,15-16,21-22,24-25H,1,3-4,7-8,13-14,17-19H2. The van der Waals surface area contributed by atoms with Crippen molar-refractivity contribution in [1.82, 2.24) is 14.8 Å². The molecule has 5 heteroatoms. The van der Waals surface area contributed by atoms with E-state index in [4.69, 9.17) is 4.74 Å². The van der Waals surface area contributed by atoms with Gasteiger partial charge in [0, 0.05) is 44.0 Å². The van der Waals surface area contributed by atoms with E-state index in [9.17, 15) is 4.79 Å². The first-order valence-electron chi connectivity index (χ1n) is 12.0. The quantitative estimate of drug-likeness (QED) is 0.718. The van der Waals surface area contributed by atoms with Gasteiger partial charge in [-0.1, -0.05) is 37.5 Å². The minimum Gasteiger partial charge on any atom is -0.487 e. The Labute approximate surface area is 185 Å². The van der Waals surface area contributed by atoms with Crippen molar-refractivity contribution in [1.29, 1.82) is 0 Å². The van der Waals surface area contributed by atoms with Crippen molar-refractivity contribution in [2.75, 3.05) is 19.6 Å². The Kier molecular flexibility index (Phi) is 6.21. The van der Waals surface area contributed by atoms with Crippen molar-refractivity contribution in [3.8, 4) is 5.75 Å². The van der Waals surface area contributed by atoms with Gasteiger partial charge >= 0.3 is 0 Å². The highest BCUT2D eigenvalue weighted by Gasteiger charge is 2.46. The SMILES string of the molecule is O=C(C1CCCCC1)N1CCC(N2CC(Oc3ccccc3)C2c2ccncc2)CC1. The Bertz CT molecular complexity index is 845. The Balaban J connectivity index is 1.23. The van der Waals surface area contributed by atoms with Crippen molar-refractivity contribution < 1.29 is 9.53 Å². The van der Waals surface area contributed by atoms with Gasteiger partial charge in [-0.25, -0.2) is 0 Å². The summed E-state index contributed by atoms with van der Waals surface area (Å²) in [5, 5.41) is 0. The second-order valence-electron chi connectivity index (χ2n) is 9.28. The van der Waals surface area contributed by atoms with E-state index in [1.54, 1.807) is 0 Å². The number of piperidine rings is 1. The van der Waals surface area contributed by atoms with Crippen LogP contribution in [0.15, 0.2) is 54.9 Å². The van der Waals surface area contributed by atoms with Gasteiger partial charge in [0.2, 0.25) is 5.91 Å². The van der Waals surface area contributed by atoms with Gasteiger partial charge in [0.15, 0.2) is 0 Å². The molecule has 1 aromatic carbocycles. The maximum absolute atomic E-state index is 12.9. The molecule has 1 amide bonds. The molecule has 1 aromatic heterocycles. The van der Waals surface area contributed by atoms with Crippen LogP contribution in [0.3, 0.4) is 0 Å². The summed E-state index contributed by atoms with van der Waals surface area (Å²) in [6.07, 6.45) is 11.9. The molecule has 31 heavy (non-hydrogen) atoms. The first kappa shape index (κ1) is 20.5. The zero-order chi connectivity index (χ0) is 21.0. The highest BCUT2D eigenvalue weighted by atomic mass is 16.5. The van der Waals surface area contributed by atoms with Crippen LogP contribution in [-0.4, -0.2) is 52.5 Å². The average molecular weight is 420 g/mol. The van der Waals surface area contributed by atoms with Crippen molar-refractivity contribution in [3.05, 3.63) is 60.4 Å². The van der Waals surface area contributed by atoms with E-state index < -0.39 is 0 Å². The summed E-state index contributed by atoms with van der Waals surface area (Å²) in [6, 6.07) is 15.1. The first-order valence-corrected chi connectivity index (χ1v) is 12.0. The van der Waals surface area contributed by atoms with E-state index in [1.165, 1.54) is 24.8 Å². The number of amides is 1. The van der Waals surface area contributed by atoms with Crippen molar-refractivity contribution in [2.24, 2.45) is 5.92 Å². The smallest absolute Gasteiger partial charge is 0.225 e. The Morgan fingerprint density at radius 1 is 0.903 bits per heavy atom. The van der Waals surface area contributed by atoms with Crippen LogP contribution in [0.4, 0.5) is 0 Å². The lowest BCUT2D eigenvalue weighted by Crippen LogP contribution is -2.62. The van der Waals surface area contributed by atoms with E-state index in [2.05, 4.69) is 26.9 Å². The Hall–Kier alpha value is -2.40. The number of carbonyl (C=O) groups is 1. The Morgan fingerprint density at radius 2 is 1.61 bits per heavy atom. The number of carbonyl (C=O) groups excluding carboxylic acids is 1. The summed E-state index contributed by atoms with van der Waals surface area (Å²) < 4.78 is 6.35. The zero-order valence-corrected chi connectivity index (χ0v) is 18.2. The van der Waals surface area contributed by atoms with E-state index in [0.717, 1.165) is 51.1 Å². The molecule has 1 saturated carbocycles. The lowest BCUT2D eigenvalue weighted by Gasteiger charge is -2.53. The molecule has 5 rings (SSSR count). The van der Waals surface area contributed by atoms with Crippen LogP contribution in [0.5, 0.6) is 5.75 Å². The summed E-state index contributed by atoms with van der Waals surface area (Å²) in [5.41, 5.74) is 1.27. The van der Waals surface area contributed by atoms with Crippen LogP contribution < -0.4 is 4.74 Å². The monoisotopic (exact) mass is 419 g/mol. The number of likely N-dealkylation sites (tertiary alicyclic amines) is 2. The summed E-state index contributed by atoms with van der Waals surface area (Å²) in [5.74, 6) is 1.62. The fourth-order valence-corrected chi connectivity index (χ4v) is 5.64. The summed E-state index contributed by atoms with van der Waals surface area (Å²) in [6.45, 7) is 2.72. The van der Waals surface area contributed by atoms with Gasteiger partial charge in [0.25, 0.3) is 0 Å². The molecule has 2 atom stereocenters. The van der Waals surface area contributed by atoms with Crippen molar-refractivity contribution in [3.63, 3.8) is 0 Å². The normalized spacial score (nSPS) is 25.7. The summed E-state index contributed by atoms with van der Waals surface area (Å²) in [7, 11) is 0. The first-order chi connectivity index (χ1) is 15.3. The molecule has 0 N–H and O–H groups in total. The number of rotatable bonds is 5. The zero-order valence-electron chi connectivity index (χ0n) is 18.2. The van der Waals surface area contributed by atoms with E-state index in [-0.39, 0.29) is 18.1 Å². The predicted molar refractivity (Wildman–Crippen MR) is 121 cm³/mol. The van der Waals surface area contributed by atoms with Gasteiger partial charge in [0.05, 0.1) is 6.04 Å². The number of para-hydroxylation sites is 1. The molecule has 0 radical (unpaired) electrons. The fourth-order valence-electron chi connectivity index (χ4n) is 5.64. The van der Waals surface area contributed by atoms with Gasteiger partial charge in [-0.2, -0.15) is 0 Å². The number of aromatic nitrogens is 1.